The third kappa shape index (κ3) is 6.54. The Labute approximate surface area is 141 Å². The van der Waals surface area contributed by atoms with Crippen LogP contribution < -0.4 is 11.5 Å². The zero-order chi connectivity index (χ0) is 17.2. The van der Waals surface area contributed by atoms with Gasteiger partial charge in [-0.15, -0.1) is 6.58 Å². The van der Waals surface area contributed by atoms with Crippen LogP contribution >= 0.6 is 0 Å². The van der Waals surface area contributed by atoms with Crippen LogP contribution in [0.25, 0.3) is 0 Å². The van der Waals surface area contributed by atoms with Crippen molar-refractivity contribution in [3.63, 3.8) is 0 Å². The second-order valence-electron chi connectivity index (χ2n) is 5.65. The molecular weight excluding hydrogens is 308 g/mol. The Bertz CT molecular complexity index is 454. The maximum absolute atomic E-state index is 6.30. The van der Waals surface area contributed by atoms with E-state index in [-0.39, 0.29) is 0 Å². The molecule has 1 aromatic carbocycles. The molecule has 0 saturated heterocycles. The van der Waals surface area contributed by atoms with Gasteiger partial charge in [-0.2, -0.15) is 0 Å². The molecule has 0 bridgehead atoms. The van der Waals surface area contributed by atoms with E-state index in [1.165, 1.54) is 5.56 Å². The molecule has 0 aliphatic carbocycles. The van der Waals surface area contributed by atoms with Crippen molar-refractivity contribution in [2.75, 3.05) is 27.4 Å². The van der Waals surface area contributed by atoms with Gasteiger partial charge in [-0.25, -0.2) is 0 Å². The SMILES string of the molecule is C=CC(N)(CCN)CC[Si](OC)(OC)OCCc1ccccc1. The molecule has 0 heterocycles. The lowest BCUT2D eigenvalue weighted by Crippen LogP contribution is -2.48. The van der Waals surface area contributed by atoms with Gasteiger partial charge in [-0.05, 0) is 31.4 Å². The van der Waals surface area contributed by atoms with Gasteiger partial charge in [-0.3, -0.25) is 0 Å². The van der Waals surface area contributed by atoms with Gasteiger partial charge in [0.25, 0.3) is 0 Å². The van der Waals surface area contributed by atoms with Crippen LogP contribution in [0, 0.1) is 0 Å². The molecule has 0 saturated carbocycles. The quantitative estimate of drug-likeness (QED) is 0.451. The van der Waals surface area contributed by atoms with Gasteiger partial charge in [-0.1, -0.05) is 36.4 Å². The standard InChI is InChI=1S/C17H30N2O3Si/c1-4-17(19,11-13-18)12-15-23(20-2,21-3)22-14-10-16-8-6-5-7-9-16/h4-9H,1,10-15,18-19H2,2-3H3. The summed E-state index contributed by atoms with van der Waals surface area (Å²) >= 11 is 0. The Balaban J connectivity index is 2.58. The van der Waals surface area contributed by atoms with E-state index in [1.807, 2.05) is 18.2 Å². The fourth-order valence-corrected chi connectivity index (χ4v) is 4.57. The number of hydrogen-bond acceptors (Lipinski definition) is 5. The molecule has 23 heavy (non-hydrogen) atoms. The van der Waals surface area contributed by atoms with Crippen molar-refractivity contribution in [1.82, 2.24) is 0 Å². The summed E-state index contributed by atoms with van der Waals surface area (Å²) in [6.45, 7) is 4.89. The molecule has 0 fully saturated rings. The van der Waals surface area contributed by atoms with Gasteiger partial charge in [0.15, 0.2) is 0 Å². The second kappa shape index (κ2) is 9.97. The third-order valence-corrected chi connectivity index (χ3v) is 6.84. The molecule has 0 amide bonds. The van der Waals surface area contributed by atoms with E-state index in [9.17, 15) is 0 Å². The summed E-state index contributed by atoms with van der Waals surface area (Å²) in [6.07, 6.45) is 3.93. The van der Waals surface area contributed by atoms with Gasteiger partial charge in [0.1, 0.15) is 0 Å². The van der Waals surface area contributed by atoms with Crippen molar-refractivity contribution in [1.29, 1.82) is 0 Å². The van der Waals surface area contributed by atoms with Gasteiger partial charge in [0.05, 0.1) is 0 Å². The fraction of sp³-hybridized carbons (Fsp3) is 0.529. The van der Waals surface area contributed by atoms with E-state index in [2.05, 4.69) is 18.7 Å². The van der Waals surface area contributed by atoms with E-state index >= 15 is 0 Å². The molecule has 1 aromatic rings. The molecule has 130 valence electrons. The smallest absolute Gasteiger partial charge is 0.377 e. The first-order chi connectivity index (χ1) is 11.0. The van der Waals surface area contributed by atoms with Crippen molar-refractivity contribution in [2.24, 2.45) is 11.5 Å². The summed E-state index contributed by atoms with van der Waals surface area (Å²) in [5.41, 5.74) is 12.7. The summed E-state index contributed by atoms with van der Waals surface area (Å²) in [6, 6.07) is 10.8. The molecule has 1 unspecified atom stereocenters. The highest BCUT2D eigenvalue weighted by Crippen LogP contribution is 2.24. The first-order valence-electron chi connectivity index (χ1n) is 7.94. The van der Waals surface area contributed by atoms with Crippen molar-refractivity contribution in [2.45, 2.75) is 30.8 Å². The summed E-state index contributed by atoms with van der Waals surface area (Å²) < 4.78 is 17.3. The van der Waals surface area contributed by atoms with Crippen LogP contribution in [0.4, 0.5) is 0 Å². The van der Waals surface area contributed by atoms with Crippen LogP contribution in [-0.2, 0) is 19.7 Å². The third-order valence-electron chi connectivity index (χ3n) is 4.09. The van der Waals surface area contributed by atoms with Crippen molar-refractivity contribution >= 4 is 8.80 Å². The Kier molecular flexibility index (Phi) is 8.68. The lowest BCUT2D eigenvalue weighted by Gasteiger charge is -2.31. The fourth-order valence-electron chi connectivity index (χ4n) is 2.43. The summed E-state index contributed by atoms with van der Waals surface area (Å²) in [5.74, 6) is 0. The van der Waals surface area contributed by atoms with Gasteiger partial charge < -0.3 is 24.7 Å². The molecule has 6 heteroatoms. The Morgan fingerprint density at radius 1 is 1.17 bits per heavy atom. The average Bonchev–Trinajstić information content (AvgIpc) is 2.59. The molecular formula is C17H30N2O3Si. The molecule has 0 aromatic heterocycles. The lowest BCUT2D eigenvalue weighted by atomic mass is 9.94. The Morgan fingerprint density at radius 3 is 2.35 bits per heavy atom. The van der Waals surface area contributed by atoms with E-state index < -0.39 is 14.3 Å². The van der Waals surface area contributed by atoms with Gasteiger partial charge >= 0.3 is 8.80 Å². The van der Waals surface area contributed by atoms with Crippen LogP contribution in [0.3, 0.4) is 0 Å². The minimum atomic E-state index is -2.72. The topological polar surface area (TPSA) is 79.7 Å². The van der Waals surface area contributed by atoms with Gasteiger partial charge in [0, 0.05) is 32.4 Å². The van der Waals surface area contributed by atoms with Crippen molar-refractivity contribution < 1.29 is 13.3 Å². The molecule has 0 spiro atoms. The number of benzene rings is 1. The van der Waals surface area contributed by atoms with E-state index in [1.54, 1.807) is 20.3 Å². The predicted octanol–water partition coefficient (Wildman–Crippen LogP) is 2.10. The van der Waals surface area contributed by atoms with E-state index in [0.29, 0.717) is 32.0 Å². The number of rotatable bonds is 12. The second-order valence-corrected chi connectivity index (χ2v) is 8.62. The maximum atomic E-state index is 6.30. The van der Waals surface area contributed by atoms with Gasteiger partial charge in [0.2, 0.25) is 0 Å². The zero-order valence-electron chi connectivity index (χ0n) is 14.3. The molecule has 0 aliphatic heterocycles. The monoisotopic (exact) mass is 338 g/mol. The number of hydrogen-bond donors (Lipinski definition) is 2. The Hall–Kier alpha value is -1.02. The van der Waals surface area contributed by atoms with Crippen LogP contribution in [0.1, 0.15) is 18.4 Å². The number of nitrogens with two attached hydrogens (primary N) is 2. The highest BCUT2D eigenvalue weighted by molar-refractivity contribution is 6.60. The minimum Gasteiger partial charge on any atom is -0.377 e. The van der Waals surface area contributed by atoms with Crippen molar-refractivity contribution in [3.8, 4) is 0 Å². The van der Waals surface area contributed by atoms with E-state index in [4.69, 9.17) is 24.7 Å². The molecule has 1 rings (SSSR count). The normalized spacial score (nSPS) is 14.4. The van der Waals surface area contributed by atoms with Crippen LogP contribution in [0.2, 0.25) is 6.04 Å². The zero-order valence-corrected chi connectivity index (χ0v) is 15.3. The lowest BCUT2D eigenvalue weighted by molar-refractivity contribution is 0.0972. The Morgan fingerprint density at radius 2 is 1.83 bits per heavy atom. The largest absolute Gasteiger partial charge is 0.500 e. The summed E-state index contributed by atoms with van der Waals surface area (Å²) in [4.78, 5) is 0. The molecule has 5 nitrogen and oxygen atoms in total. The first kappa shape index (κ1) is 20.0. The maximum Gasteiger partial charge on any atom is 0.500 e. The highest BCUT2D eigenvalue weighted by atomic mass is 28.4. The minimum absolute atomic E-state index is 0.507. The predicted molar refractivity (Wildman–Crippen MR) is 96.1 cm³/mol. The summed E-state index contributed by atoms with van der Waals surface area (Å²) in [7, 11) is 0.543. The van der Waals surface area contributed by atoms with Crippen LogP contribution in [-0.4, -0.2) is 41.7 Å². The van der Waals surface area contributed by atoms with E-state index in [0.717, 1.165) is 6.42 Å². The van der Waals surface area contributed by atoms with Crippen LogP contribution in [0.5, 0.6) is 0 Å². The molecule has 4 N–H and O–H groups in total. The average molecular weight is 339 g/mol. The van der Waals surface area contributed by atoms with Crippen LogP contribution in [0.15, 0.2) is 43.0 Å². The van der Waals surface area contributed by atoms with Crippen molar-refractivity contribution in [3.05, 3.63) is 48.6 Å². The first-order valence-corrected chi connectivity index (χ1v) is 9.87. The molecule has 0 aliphatic rings. The highest BCUT2D eigenvalue weighted by Gasteiger charge is 2.40. The molecule has 0 radical (unpaired) electrons. The summed E-state index contributed by atoms with van der Waals surface area (Å²) in [5, 5.41) is 0. The molecule has 1 atom stereocenters.